The summed E-state index contributed by atoms with van der Waals surface area (Å²) in [6.45, 7) is 3.38. The predicted molar refractivity (Wildman–Crippen MR) is 121 cm³/mol. The van der Waals surface area contributed by atoms with Gasteiger partial charge in [-0.1, -0.05) is 36.4 Å². The largest absolute Gasteiger partial charge is 0.485 e. The third kappa shape index (κ3) is 3.99. The van der Waals surface area contributed by atoms with Crippen LogP contribution in [0.2, 0.25) is 0 Å². The summed E-state index contributed by atoms with van der Waals surface area (Å²) >= 11 is 0. The quantitative estimate of drug-likeness (QED) is 0.254. The van der Waals surface area contributed by atoms with Crippen LogP contribution in [0.3, 0.4) is 0 Å². The number of Topliss-reactive ketones (excluding diaryl/α,β-unsaturated/α-hetero) is 1. The first kappa shape index (κ1) is 21.3. The number of benzene rings is 3. The minimum absolute atomic E-state index is 0.145. The number of aryl methyl sites for hydroxylation is 2. The van der Waals surface area contributed by atoms with Gasteiger partial charge in [0.1, 0.15) is 11.3 Å². The van der Waals surface area contributed by atoms with E-state index in [1.54, 1.807) is 32.0 Å². The van der Waals surface area contributed by atoms with Crippen molar-refractivity contribution in [3.05, 3.63) is 87.3 Å². The number of esters is 1. The Hall–Kier alpha value is -3.93. The molecule has 0 saturated heterocycles. The summed E-state index contributed by atoms with van der Waals surface area (Å²) in [6, 6.07) is 16.9. The molecule has 0 bridgehead atoms. The topological polar surface area (TPSA) is 82.8 Å². The van der Waals surface area contributed by atoms with Crippen molar-refractivity contribution in [3.8, 4) is 5.75 Å². The van der Waals surface area contributed by atoms with Gasteiger partial charge >= 0.3 is 11.6 Å². The minimum atomic E-state index is -0.590. The molecule has 4 rings (SSSR count). The number of hydrogen-bond donors (Lipinski definition) is 0. The predicted octanol–water partition coefficient (Wildman–Crippen LogP) is 4.54. The highest BCUT2D eigenvalue weighted by atomic mass is 16.5. The zero-order valence-corrected chi connectivity index (χ0v) is 18.1. The fourth-order valence-corrected chi connectivity index (χ4v) is 3.74. The molecule has 32 heavy (non-hydrogen) atoms. The van der Waals surface area contributed by atoms with Gasteiger partial charge in [0.25, 0.3) is 0 Å². The van der Waals surface area contributed by atoms with Crippen LogP contribution >= 0.6 is 0 Å². The fourth-order valence-electron chi connectivity index (χ4n) is 3.74. The normalized spacial score (nSPS) is 11.0. The SMILES string of the molecule is COC(=O)Cc1c(C)c2ccc(OCC(=O)c3ccc4ccccc4c3)c(C)c2oc1=O. The lowest BCUT2D eigenvalue weighted by molar-refractivity contribution is -0.139. The van der Waals surface area contributed by atoms with Crippen LogP contribution in [-0.4, -0.2) is 25.5 Å². The average molecular weight is 430 g/mol. The van der Waals surface area contributed by atoms with Crippen molar-refractivity contribution in [2.45, 2.75) is 20.3 Å². The van der Waals surface area contributed by atoms with Gasteiger partial charge in [-0.3, -0.25) is 9.59 Å². The Labute approximate surface area is 184 Å². The second-order valence-corrected chi connectivity index (χ2v) is 7.59. The highest BCUT2D eigenvalue weighted by Gasteiger charge is 2.18. The number of fused-ring (bicyclic) bond motifs is 2. The molecule has 0 aliphatic carbocycles. The summed E-state index contributed by atoms with van der Waals surface area (Å²) in [6.07, 6.45) is -0.155. The fraction of sp³-hybridized carbons (Fsp3) is 0.192. The number of rotatable bonds is 6. The molecule has 0 radical (unpaired) electrons. The van der Waals surface area contributed by atoms with Crippen molar-refractivity contribution in [1.29, 1.82) is 0 Å². The molecule has 162 valence electrons. The van der Waals surface area contributed by atoms with E-state index in [0.29, 0.717) is 33.4 Å². The average Bonchev–Trinajstić information content (AvgIpc) is 2.81. The van der Waals surface area contributed by atoms with Crippen LogP contribution in [0, 0.1) is 13.8 Å². The first-order valence-corrected chi connectivity index (χ1v) is 10.2. The minimum Gasteiger partial charge on any atom is -0.485 e. The van der Waals surface area contributed by atoms with E-state index in [-0.39, 0.29) is 24.4 Å². The summed E-state index contributed by atoms with van der Waals surface area (Å²) in [7, 11) is 1.27. The maximum Gasteiger partial charge on any atom is 0.340 e. The first-order valence-electron chi connectivity index (χ1n) is 10.2. The van der Waals surface area contributed by atoms with Crippen LogP contribution < -0.4 is 10.4 Å². The third-order valence-corrected chi connectivity index (χ3v) is 5.63. The van der Waals surface area contributed by atoms with Crippen molar-refractivity contribution >= 4 is 33.5 Å². The van der Waals surface area contributed by atoms with Gasteiger partial charge in [0, 0.05) is 16.5 Å². The number of carbonyl (C=O) groups excluding carboxylic acids is 2. The molecule has 0 fully saturated rings. The van der Waals surface area contributed by atoms with E-state index in [9.17, 15) is 14.4 Å². The van der Waals surface area contributed by atoms with E-state index in [1.807, 2.05) is 36.4 Å². The third-order valence-electron chi connectivity index (χ3n) is 5.63. The molecule has 0 unspecified atom stereocenters. The van der Waals surface area contributed by atoms with E-state index in [1.165, 1.54) is 7.11 Å². The summed E-state index contributed by atoms with van der Waals surface area (Å²) in [5, 5.41) is 2.75. The summed E-state index contributed by atoms with van der Waals surface area (Å²) in [5.41, 5.74) is 1.88. The van der Waals surface area contributed by atoms with E-state index in [2.05, 4.69) is 4.74 Å². The van der Waals surface area contributed by atoms with Crippen molar-refractivity contribution in [1.82, 2.24) is 0 Å². The Morgan fingerprint density at radius 1 is 0.938 bits per heavy atom. The van der Waals surface area contributed by atoms with Gasteiger partial charge in [-0.05, 0) is 48.4 Å². The Bertz CT molecular complexity index is 1410. The van der Waals surface area contributed by atoms with Crippen LogP contribution in [0.5, 0.6) is 5.75 Å². The molecule has 6 heteroatoms. The Morgan fingerprint density at radius 3 is 2.44 bits per heavy atom. The standard InChI is InChI=1S/C26H22O6/c1-15-20-10-11-23(16(2)25(20)32-26(29)21(15)13-24(28)30-3)31-14-22(27)19-9-8-17-6-4-5-7-18(17)12-19/h4-12H,13-14H2,1-3H3. The van der Waals surface area contributed by atoms with Crippen molar-refractivity contribution < 1.29 is 23.5 Å². The van der Waals surface area contributed by atoms with Crippen LogP contribution in [0.1, 0.15) is 27.0 Å². The van der Waals surface area contributed by atoms with Gasteiger partial charge in [0.15, 0.2) is 12.4 Å². The molecule has 1 heterocycles. The molecule has 0 saturated carbocycles. The second-order valence-electron chi connectivity index (χ2n) is 7.59. The smallest absolute Gasteiger partial charge is 0.340 e. The molecule has 0 spiro atoms. The van der Waals surface area contributed by atoms with Crippen molar-refractivity contribution in [2.75, 3.05) is 13.7 Å². The van der Waals surface area contributed by atoms with E-state index in [4.69, 9.17) is 9.15 Å². The molecular weight excluding hydrogens is 408 g/mol. The van der Waals surface area contributed by atoms with Crippen molar-refractivity contribution in [2.24, 2.45) is 0 Å². The summed E-state index contributed by atoms with van der Waals surface area (Å²) < 4.78 is 15.9. The van der Waals surface area contributed by atoms with Crippen molar-refractivity contribution in [3.63, 3.8) is 0 Å². The molecule has 6 nitrogen and oxygen atoms in total. The second kappa shape index (κ2) is 8.67. The lowest BCUT2D eigenvalue weighted by Crippen LogP contribution is -2.16. The molecule has 0 atom stereocenters. The van der Waals surface area contributed by atoms with Gasteiger partial charge in [0.05, 0.1) is 19.1 Å². The number of ether oxygens (including phenoxy) is 2. The highest BCUT2D eigenvalue weighted by molar-refractivity contribution is 6.01. The number of methoxy groups -OCH3 is 1. The molecule has 0 amide bonds. The number of carbonyl (C=O) groups is 2. The highest BCUT2D eigenvalue weighted by Crippen LogP contribution is 2.30. The van der Waals surface area contributed by atoms with Gasteiger partial charge in [-0.2, -0.15) is 0 Å². The number of hydrogen-bond acceptors (Lipinski definition) is 6. The van der Waals surface area contributed by atoms with Gasteiger partial charge in [0.2, 0.25) is 0 Å². The van der Waals surface area contributed by atoms with Crippen LogP contribution in [0.25, 0.3) is 21.7 Å². The van der Waals surface area contributed by atoms with Crippen LogP contribution in [0.15, 0.2) is 63.8 Å². The zero-order valence-electron chi connectivity index (χ0n) is 18.1. The first-order chi connectivity index (χ1) is 15.4. The van der Waals surface area contributed by atoms with Crippen LogP contribution in [0.4, 0.5) is 0 Å². The Morgan fingerprint density at radius 2 is 1.69 bits per heavy atom. The lowest BCUT2D eigenvalue weighted by atomic mass is 10.0. The van der Waals surface area contributed by atoms with E-state index < -0.39 is 11.6 Å². The maximum absolute atomic E-state index is 12.7. The van der Waals surface area contributed by atoms with Gasteiger partial charge in [-0.15, -0.1) is 0 Å². The number of ketones is 1. The molecule has 0 aliphatic heterocycles. The Kier molecular flexibility index (Phi) is 5.77. The van der Waals surface area contributed by atoms with E-state index in [0.717, 1.165) is 10.8 Å². The zero-order chi connectivity index (χ0) is 22.8. The Balaban J connectivity index is 1.59. The molecule has 0 N–H and O–H groups in total. The molecule has 0 aliphatic rings. The van der Waals surface area contributed by atoms with Crippen LogP contribution in [-0.2, 0) is 16.0 Å². The molecule has 4 aromatic rings. The maximum atomic E-state index is 12.7. The monoisotopic (exact) mass is 430 g/mol. The van der Waals surface area contributed by atoms with Gasteiger partial charge in [-0.25, -0.2) is 4.79 Å². The molecule has 3 aromatic carbocycles. The van der Waals surface area contributed by atoms with E-state index >= 15 is 0 Å². The lowest BCUT2D eigenvalue weighted by Gasteiger charge is -2.13. The molecule has 1 aromatic heterocycles. The van der Waals surface area contributed by atoms with Gasteiger partial charge < -0.3 is 13.9 Å². The molecular formula is C26H22O6. The summed E-state index contributed by atoms with van der Waals surface area (Å²) in [5.74, 6) is -0.208. The summed E-state index contributed by atoms with van der Waals surface area (Å²) in [4.78, 5) is 36.8.